The molecule has 0 amide bonds. The van der Waals surface area contributed by atoms with Gasteiger partial charge >= 0.3 is 5.97 Å². The molecular formula is C16H14FNO4S. The van der Waals surface area contributed by atoms with Crippen LogP contribution in [0.1, 0.15) is 12.6 Å². The molecular weight excluding hydrogens is 321 g/mol. The molecule has 0 aliphatic rings. The highest BCUT2D eigenvalue weighted by molar-refractivity contribution is 7.85. The number of rotatable bonds is 5. The van der Waals surface area contributed by atoms with Gasteiger partial charge in [-0.2, -0.15) is 0 Å². The van der Waals surface area contributed by atoms with Gasteiger partial charge in [0.25, 0.3) is 0 Å². The van der Waals surface area contributed by atoms with Crippen LogP contribution in [0.25, 0.3) is 6.08 Å². The zero-order chi connectivity index (χ0) is 16.8. The van der Waals surface area contributed by atoms with Crippen LogP contribution in [0.5, 0.6) is 0 Å². The Kier molecular flexibility index (Phi) is 5.59. The van der Waals surface area contributed by atoms with Crippen molar-refractivity contribution in [3.63, 3.8) is 0 Å². The second kappa shape index (κ2) is 7.64. The summed E-state index contributed by atoms with van der Waals surface area (Å²) < 4.78 is 29.8. The number of hydrogen-bond donors (Lipinski definition) is 1. The first-order valence-corrected chi connectivity index (χ1v) is 7.87. The van der Waals surface area contributed by atoms with Crippen molar-refractivity contribution in [1.82, 2.24) is 4.98 Å². The lowest BCUT2D eigenvalue weighted by molar-refractivity contribution is -0.141. The Bertz CT molecular complexity index is 742. The average molecular weight is 335 g/mol. The Morgan fingerprint density at radius 2 is 1.91 bits per heavy atom. The van der Waals surface area contributed by atoms with Gasteiger partial charge in [0.1, 0.15) is 5.82 Å². The molecule has 0 bridgehead atoms. The second-order valence-corrected chi connectivity index (χ2v) is 5.87. The second-order valence-electron chi connectivity index (χ2n) is 4.39. The van der Waals surface area contributed by atoms with Crippen LogP contribution in [0.4, 0.5) is 4.39 Å². The van der Waals surface area contributed by atoms with E-state index >= 15 is 0 Å². The van der Waals surface area contributed by atoms with Crippen molar-refractivity contribution in [2.45, 2.75) is 16.7 Å². The molecule has 1 aromatic heterocycles. The number of aliphatic hydroxyl groups is 1. The van der Waals surface area contributed by atoms with E-state index in [-0.39, 0.29) is 6.61 Å². The van der Waals surface area contributed by atoms with Crippen LogP contribution in [0.15, 0.2) is 58.1 Å². The summed E-state index contributed by atoms with van der Waals surface area (Å²) in [4.78, 5) is 16.2. The van der Waals surface area contributed by atoms with Crippen molar-refractivity contribution < 1.29 is 23.2 Å². The van der Waals surface area contributed by atoms with Gasteiger partial charge in [-0.05, 0) is 43.3 Å². The van der Waals surface area contributed by atoms with Crippen LogP contribution in [-0.2, 0) is 20.3 Å². The average Bonchev–Trinajstić information content (AvgIpc) is 2.56. The van der Waals surface area contributed by atoms with E-state index in [0.717, 1.165) is 6.08 Å². The summed E-state index contributed by atoms with van der Waals surface area (Å²) in [5.41, 5.74) is 0.315. The highest BCUT2D eigenvalue weighted by atomic mass is 32.2. The highest BCUT2D eigenvalue weighted by Crippen LogP contribution is 2.17. The lowest BCUT2D eigenvalue weighted by atomic mass is 10.3. The van der Waals surface area contributed by atoms with Gasteiger partial charge in [-0.15, -0.1) is 0 Å². The number of halogens is 1. The fourth-order valence-electron chi connectivity index (χ4n) is 1.69. The Labute approximate surface area is 134 Å². The quantitative estimate of drug-likeness (QED) is 0.516. The van der Waals surface area contributed by atoms with E-state index < -0.39 is 28.3 Å². The van der Waals surface area contributed by atoms with Gasteiger partial charge in [0, 0.05) is 17.2 Å². The minimum absolute atomic E-state index is 0.153. The van der Waals surface area contributed by atoms with Crippen LogP contribution >= 0.6 is 0 Å². The predicted molar refractivity (Wildman–Crippen MR) is 82.6 cm³/mol. The monoisotopic (exact) mass is 335 g/mol. The van der Waals surface area contributed by atoms with Crippen LogP contribution in [-0.4, -0.2) is 26.9 Å². The molecule has 0 radical (unpaired) electrons. The van der Waals surface area contributed by atoms with E-state index in [1.165, 1.54) is 36.5 Å². The summed E-state index contributed by atoms with van der Waals surface area (Å²) >= 11 is 0. The van der Waals surface area contributed by atoms with Gasteiger partial charge in [-0.25, -0.2) is 13.4 Å². The molecule has 1 heterocycles. The summed E-state index contributed by atoms with van der Waals surface area (Å²) in [5, 5.41) is 9.54. The van der Waals surface area contributed by atoms with Crippen molar-refractivity contribution in [2.24, 2.45) is 0 Å². The smallest absolute Gasteiger partial charge is 0.373 e. The van der Waals surface area contributed by atoms with Gasteiger partial charge in [-0.1, -0.05) is 0 Å². The fourth-order valence-corrected chi connectivity index (χ4v) is 2.68. The molecule has 2 rings (SSSR count). The van der Waals surface area contributed by atoms with Gasteiger partial charge in [0.2, 0.25) is 5.76 Å². The summed E-state index contributed by atoms with van der Waals surface area (Å²) in [7, 11) is -1.49. The zero-order valence-corrected chi connectivity index (χ0v) is 13.0. The molecule has 1 N–H and O–H groups in total. The van der Waals surface area contributed by atoms with E-state index in [9.17, 15) is 18.5 Å². The Morgan fingerprint density at radius 3 is 2.48 bits per heavy atom. The lowest BCUT2D eigenvalue weighted by Crippen LogP contribution is -2.07. The Morgan fingerprint density at radius 1 is 1.26 bits per heavy atom. The maximum atomic E-state index is 12.9. The molecule has 2 aromatic rings. The number of aliphatic hydroxyl groups excluding tert-OH is 1. The molecule has 1 atom stereocenters. The standard InChI is InChI=1S/C16H14FNO4S/c1-2-22-16(20)15(19)9-12-5-8-14(10-18-12)23(21)13-6-3-11(17)4-7-13/h3-10,19H,2H2,1H3/b15-9-. The van der Waals surface area contributed by atoms with Crippen molar-refractivity contribution >= 4 is 22.8 Å². The summed E-state index contributed by atoms with van der Waals surface area (Å²) in [5.74, 6) is -1.81. The van der Waals surface area contributed by atoms with E-state index in [2.05, 4.69) is 9.72 Å². The molecule has 5 nitrogen and oxygen atoms in total. The Balaban J connectivity index is 2.16. The molecule has 0 aliphatic heterocycles. The number of esters is 1. The van der Waals surface area contributed by atoms with Crippen molar-refractivity contribution in [3.05, 3.63) is 59.9 Å². The van der Waals surface area contributed by atoms with Crippen molar-refractivity contribution in [3.8, 4) is 0 Å². The normalized spacial score (nSPS) is 12.7. The molecule has 7 heteroatoms. The molecule has 120 valence electrons. The maximum absolute atomic E-state index is 12.9. The van der Waals surface area contributed by atoms with E-state index in [1.54, 1.807) is 13.0 Å². The summed E-state index contributed by atoms with van der Waals surface area (Å²) in [6.45, 7) is 1.78. The summed E-state index contributed by atoms with van der Waals surface area (Å²) in [6, 6.07) is 8.39. The largest absolute Gasteiger partial charge is 0.502 e. The molecule has 1 aromatic carbocycles. The maximum Gasteiger partial charge on any atom is 0.373 e. The van der Waals surface area contributed by atoms with Gasteiger partial charge < -0.3 is 9.84 Å². The van der Waals surface area contributed by atoms with E-state index in [1.807, 2.05) is 0 Å². The van der Waals surface area contributed by atoms with Crippen LogP contribution < -0.4 is 0 Å². The zero-order valence-electron chi connectivity index (χ0n) is 12.2. The molecule has 1 unspecified atom stereocenters. The number of hydrogen-bond acceptors (Lipinski definition) is 5. The molecule has 0 spiro atoms. The third-order valence-corrected chi connectivity index (χ3v) is 4.14. The summed E-state index contributed by atoms with van der Waals surface area (Å²) in [6.07, 6.45) is 2.52. The van der Waals surface area contributed by atoms with Crippen LogP contribution in [0.3, 0.4) is 0 Å². The van der Waals surface area contributed by atoms with E-state index in [0.29, 0.717) is 15.5 Å². The van der Waals surface area contributed by atoms with Crippen LogP contribution in [0.2, 0.25) is 0 Å². The molecule has 0 fully saturated rings. The molecule has 0 aliphatic carbocycles. The third kappa shape index (κ3) is 4.46. The molecule has 23 heavy (non-hydrogen) atoms. The predicted octanol–water partition coefficient (Wildman–Crippen LogP) is 2.85. The lowest BCUT2D eigenvalue weighted by Gasteiger charge is -2.03. The van der Waals surface area contributed by atoms with E-state index in [4.69, 9.17) is 0 Å². The molecule has 0 saturated heterocycles. The first-order valence-electron chi connectivity index (χ1n) is 6.72. The number of carbonyl (C=O) groups is 1. The van der Waals surface area contributed by atoms with Crippen molar-refractivity contribution in [2.75, 3.05) is 6.61 Å². The van der Waals surface area contributed by atoms with Crippen molar-refractivity contribution in [1.29, 1.82) is 0 Å². The minimum atomic E-state index is -1.49. The number of carbonyl (C=O) groups excluding carboxylic acids is 1. The van der Waals surface area contributed by atoms with Gasteiger partial charge in [0.05, 0.1) is 28.0 Å². The molecule has 0 saturated carbocycles. The van der Waals surface area contributed by atoms with Crippen LogP contribution in [0, 0.1) is 5.82 Å². The number of benzene rings is 1. The fraction of sp³-hybridized carbons (Fsp3) is 0.125. The highest BCUT2D eigenvalue weighted by Gasteiger charge is 2.10. The third-order valence-electron chi connectivity index (χ3n) is 2.77. The number of ether oxygens (including phenoxy) is 1. The number of nitrogens with zero attached hydrogens (tertiary/aromatic N) is 1. The number of pyridine rings is 1. The van der Waals surface area contributed by atoms with Gasteiger partial charge in [-0.3, -0.25) is 4.98 Å². The first kappa shape index (κ1) is 16.8. The SMILES string of the molecule is CCOC(=O)/C(O)=C/c1ccc(S(=O)c2ccc(F)cc2)cn1. The Hall–Kier alpha value is -2.54. The number of aromatic nitrogens is 1. The minimum Gasteiger partial charge on any atom is -0.502 e. The first-order chi connectivity index (χ1) is 11.0. The van der Waals surface area contributed by atoms with Gasteiger partial charge in [0.15, 0.2) is 0 Å². The topological polar surface area (TPSA) is 76.5 Å².